The molecule has 6 heteroatoms. The van der Waals surface area contributed by atoms with Crippen LogP contribution >= 0.6 is 0 Å². The number of hydrogen-bond acceptors (Lipinski definition) is 3. The van der Waals surface area contributed by atoms with Gasteiger partial charge in [0.2, 0.25) is 5.78 Å². The largest absolute Gasteiger partial charge is 0.444 e. The number of rotatable bonds is 0. The monoisotopic (exact) mass is 275 g/mol. The molecular formula is C13H19F2NO3. The second-order valence-corrected chi connectivity index (χ2v) is 6.64. The van der Waals surface area contributed by atoms with Crippen LogP contribution in [0.25, 0.3) is 0 Å². The van der Waals surface area contributed by atoms with Gasteiger partial charge in [0.1, 0.15) is 5.60 Å². The summed E-state index contributed by atoms with van der Waals surface area (Å²) in [5.74, 6) is -4.22. The zero-order chi connectivity index (χ0) is 14.5. The molecule has 0 aromatic rings. The second kappa shape index (κ2) is 4.15. The van der Waals surface area contributed by atoms with Crippen LogP contribution in [0.1, 0.15) is 40.0 Å². The lowest BCUT2D eigenvalue weighted by atomic mass is 9.67. The van der Waals surface area contributed by atoms with E-state index in [1.165, 1.54) is 4.90 Å². The number of carbonyl (C=O) groups excluding carboxylic acids is 2. The Bertz CT molecular complexity index is 409. The minimum Gasteiger partial charge on any atom is -0.444 e. The maximum atomic E-state index is 13.4. The van der Waals surface area contributed by atoms with Crippen molar-refractivity contribution < 1.29 is 23.1 Å². The number of amides is 1. The molecule has 108 valence electrons. The van der Waals surface area contributed by atoms with Crippen molar-refractivity contribution in [3.05, 3.63) is 0 Å². The van der Waals surface area contributed by atoms with Crippen molar-refractivity contribution in [2.75, 3.05) is 13.1 Å². The zero-order valence-electron chi connectivity index (χ0n) is 11.5. The van der Waals surface area contributed by atoms with Gasteiger partial charge in [-0.05, 0) is 27.2 Å². The summed E-state index contributed by atoms with van der Waals surface area (Å²) in [6, 6.07) is 0. The zero-order valence-corrected chi connectivity index (χ0v) is 11.5. The average Bonchev–Trinajstić information content (AvgIpc) is 2.16. The van der Waals surface area contributed by atoms with E-state index in [0.29, 0.717) is 6.42 Å². The minimum atomic E-state index is -3.24. The number of ether oxygens (including phenoxy) is 1. The van der Waals surface area contributed by atoms with Crippen molar-refractivity contribution in [3.63, 3.8) is 0 Å². The summed E-state index contributed by atoms with van der Waals surface area (Å²) in [5, 5.41) is 0. The van der Waals surface area contributed by atoms with Crippen LogP contribution in [0.5, 0.6) is 0 Å². The number of halogens is 2. The summed E-state index contributed by atoms with van der Waals surface area (Å²) in [6.45, 7) is 5.78. The SMILES string of the molecule is CC(C)(C)OC(=O)N1CC2(CCC(=O)C(F)(F)C2)C1. The van der Waals surface area contributed by atoms with E-state index < -0.39 is 35.2 Å². The standard InChI is InChI=1S/C13H19F2NO3/c1-11(2,3)19-10(18)16-7-12(8-16)5-4-9(17)13(14,15)6-12/h4-8H2,1-3H3. The molecule has 0 atom stereocenters. The fourth-order valence-electron chi connectivity index (χ4n) is 2.71. The number of nitrogens with zero attached hydrogens (tertiary/aromatic N) is 1. The lowest BCUT2D eigenvalue weighted by Crippen LogP contribution is -2.63. The molecule has 1 aliphatic heterocycles. The van der Waals surface area contributed by atoms with Crippen LogP contribution in [0.2, 0.25) is 0 Å². The molecule has 2 rings (SSSR count). The normalized spacial score (nSPS) is 25.1. The Hall–Kier alpha value is -1.20. The van der Waals surface area contributed by atoms with Crippen LogP contribution < -0.4 is 0 Å². The van der Waals surface area contributed by atoms with Crippen LogP contribution in [-0.4, -0.2) is 41.4 Å². The van der Waals surface area contributed by atoms with E-state index in [4.69, 9.17) is 4.74 Å². The predicted octanol–water partition coefficient (Wildman–Crippen LogP) is 2.61. The highest BCUT2D eigenvalue weighted by Crippen LogP contribution is 2.48. The van der Waals surface area contributed by atoms with Gasteiger partial charge in [-0.1, -0.05) is 0 Å². The summed E-state index contributed by atoms with van der Waals surface area (Å²) in [5.41, 5.74) is -1.19. The Balaban J connectivity index is 1.92. The van der Waals surface area contributed by atoms with Gasteiger partial charge in [-0.3, -0.25) is 4.79 Å². The molecule has 1 aliphatic carbocycles. The molecule has 1 saturated heterocycles. The van der Waals surface area contributed by atoms with Crippen LogP contribution in [0.15, 0.2) is 0 Å². The Morgan fingerprint density at radius 2 is 1.89 bits per heavy atom. The molecule has 0 N–H and O–H groups in total. The molecule has 4 nitrogen and oxygen atoms in total. The highest BCUT2D eigenvalue weighted by atomic mass is 19.3. The number of ketones is 1. The Labute approximate surface area is 111 Å². The van der Waals surface area contributed by atoms with Gasteiger partial charge in [0, 0.05) is 31.3 Å². The summed E-state index contributed by atoms with van der Waals surface area (Å²) < 4.78 is 32.0. The molecule has 0 aromatic carbocycles. The molecule has 2 fully saturated rings. The van der Waals surface area contributed by atoms with E-state index in [1.54, 1.807) is 20.8 Å². The molecule has 0 bridgehead atoms. The fraction of sp³-hybridized carbons (Fsp3) is 0.846. The lowest BCUT2D eigenvalue weighted by Gasteiger charge is -2.52. The number of Topliss-reactive ketones (excluding diaryl/α,β-unsaturated/α-hetero) is 1. The summed E-state index contributed by atoms with van der Waals surface area (Å²) >= 11 is 0. The van der Waals surface area contributed by atoms with Gasteiger partial charge in [-0.15, -0.1) is 0 Å². The second-order valence-electron chi connectivity index (χ2n) is 6.64. The molecule has 1 amide bonds. The first kappa shape index (κ1) is 14.2. The first-order valence-corrected chi connectivity index (χ1v) is 6.42. The summed E-state index contributed by atoms with van der Waals surface area (Å²) in [7, 11) is 0. The molecule has 2 aliphatic rings. The molecule has 0 aromatic heterocycles. The van der Waals surface area contributed by atoms with Crippen LogP contribution in [0, 0.1) is 5.41 Å². The summed E-state index contributed by atoms with van der Waals surface area (Å²) in [6.07, 6.45) is -0.591. The molecule has 1 spiro atoms. The summed E-state index contributed by atoms with van der Waals surface area (Å²) in [4.78, 5) is 24.3. The predicted molar refractivity (Wildman–Crippen MR) is 64.0 cm³/mol. The van der Waals surface area contributed by atoms with Gasteiger partial charge in [0.25, 0.3) is 0 Å². The number of likely N-dealkylation sites (tertiary alicyclic amines) is 1. The van der Waals surface area contributed by atoms with Crippen molar-refractivity contribution in [2.45, 2.75) is 51.6 Å². The third-order valence-electron chi connectivity index (χ3n) is 3.59. The molecular weight excluding hydrogens is 256 g/mol. The highest BCUT2D eigenvalue weighted by Gasteiger charge is 2.57. The van der Waals surface area contributed by atoms with Gasteiger partial charge in [-0.25, -0.2) is 4.79 Å². The minimum absolute atomic E-state index is 0.102. The van der Waals surface area contributed by atoms with Crippen LogP contribution in [0.3, 0.4) is 0 Å². The van der Waals surface area contributed by atoms with E-state index in [2.05, 4.69) is 0 Å². The van der Waals surface area contributed by atoms with Crippen molar-refractivity contribution in [3.8, 4) is 0 Å². The van der Waals surface area contributed by atoms with Crippen molar-refractivity contribution in [1.82, 2.24) is 4.90 Å². The first-order valence-electron chi connectivity index (χ1n) is 6.42. The third kappa shape index (κ3) is 2.87. The Morgan fingerprint density at radius 3 is 2.37 bits per heavy atom. The van der Waals surface area contributed by atoms with Crippen molar-refractivity contribution in [1.29, 1.82) is 0 Å². The molecule has 1 saturated carbocycles. The third-order valence-corrected chi connectivity index (χ3v) is 3.59. The molecule has 0 radical (unpaired) electrons. The van der Waals surface area contributed by atoms with E-state index in [9.17, 15) is 18.4 Å². The number of alkyl halides is 2. The number of carbonyl (C=O) groups is 2. The Morgan fingerprint density at radius 1 is 1.32 bits per heavy atom. The van der Waals surface area contributed by atoms with E-state index >= 15 is 0 Å². The van der Waals surface area contributed by atoms with E-state index in [1.807, 2.05) is 0 Å². The van der Waals surface area contributed by atoms with Crippen LogP contribution in [-0.2, 0) is 9.53 Å². The fourth-order valence-corrected chi connectivity index (χ4v) is 2.71. The molecule has 1 heterocycles. The quantitative estimate of drug-likeness (QED) is 0.682. The number of hydrogen-bond donors (Lipinski definition) is 0. The van der Waals surface area contributed by atoms with Crippen molar-refractivity contribution in [2.24, 2.45) is 5.41 Å². The lowest BCUT2D eigenvalue weighted by molar-refractivity contribution is -0.165. The topological polar surface area (TPSA) is 46.6 Å². The average molecular weight is 275 g/mol. The highest BCUT2D eigenvalue weighted by molar-refractivity contribution is 5.86. The van der Waals surface area contributed by atoms with Gasteiger partial charge >= 0.3 is 12.0 Å². The van der Waals surface area contributed by atoms with Gasteiger partial charge < -0.3 is 9.64 Å². The Kier molecular flexibility index (Phi) is 3.10. The van der Waals surface area contributed by atoms with Gasteiger partial charge in [0.15, 0.2) is 0 Å². The smallest absolute Gasteiger partial charge is 0.410 e. The first-order chi connectivity index (χ1) is 8.53. The van der Waals surface area contributed by atoms with Crippen molar-refractivity contribution >= 4 is 11.9 Å². The maximum absolute atomic E-state index is 13.4. The molecule has 19 heavy (non-hydrogen) atoms. The van der Waals surface area contributed by atoms with E-state index in [0.717, 1.165) is 0 Å². The maximum Gasteiger partial charge on any atom is 0.410 e. The van der Waals surface area contributed by atoms with Crippen LogP contribution in [0.4, 0.5) is 13.6 Å². The van der Waals surface area contributed by atoms with Gasteiger partial charge in [-0.2, -0.15) is 8.78 Å². The molecule has 0 unspecified atom stereocenters. The van der Waals surface area contributed by atoms with E-state index in [-0.39, 0.29) is 19.5 Å². The van der Waals surface area contributed by atoms with Gasteiger partial charge in [0.05, 0.1) is 0 Å².